The van der Waals surface area contributed by atoms with Gasteiger partial charge in [-0.15, -0.1) is 0 Å². The third-order valence-electron chi connectivity index (χ3n) is 5.96. The van der Waals surface area contributed by atoms with Crippen LogP contribution in [0.4, 0.5) is 5.13 Å². The van der Waals surface area contributed by atoms with E-state index in [-0.39, 0.29) is 11.3 Å². The number of hydrogen-bond acceptors (Lipinski definition) is 7. The maximum absolute atomic E-state index is 13.5. The molecular weight excluding hydrogens is 464 g/mol. The van der Waals surface area contributed by atoms with Crippen LogP contribution in [0.5, 0.6) is 11.5 Å². The fraction of sp³-hybridized carbons (Fsp3) is 0.148. The largest absolute Gasteiger partial charge is 0.507 e. The average molecular weight is 487 g/mol. The third kappa shape index (κ3) is 3.81. The lowest BCUT2D eigenvalue weighted by Gasteiger charge is -2.25. The minimum absolute atomic E-state index is 0.0387. The van der Waals surface area contributed by atoms with Crippen LogP contribution in [-0.4, -0.2) is 36.0 Å². The van der Waals surface area contributed by atoms with E-state index in [9.17, 15) is 14.7 Å². The highest BCUT2D eigenvalue weighted by Crippen LogP contribution is 2.47. The van der Waals surface area contributed by atoms with E-state index in [1.807, 2.05) is 25.1 Å². The molecule has 1 aliphatic rings. The first-order valence-electron chi connectivity index (χ1n) is 10.9. The molecule has 2 heterocycles. The number of aliphatic hydroxyl groups excluding tert-OH is 1. The van der Waals surface area contributed by atoms with Crippen LogP contribution in [0.3, 0.4) is 0 Å². The number of nitrogens with zero attached hydrogens (tertiary/aromatic N) is 2. The number of anilines is 1. The van der Waals surface area contributed by atoms with Gasteiger partial charge in [-0.2, -0.15) is 0 Å². The molecule has 0 spiro atoms. The zero-order valence-corrected chi connectivity index (χ0v) is 20.1. The fourth-order valence-electron chi connectivity index (χ4n) is 4.25. The van der Waals surface area contributed by atoms with Gasteiger partial charge in [0.2, 0.25) is 0 Å². The van der Waals surface area contributed by atoms with E-state index in [1.54, 1.807) is 48.5 Å². The molecule has 0 aliphatic carbocycles. The highest BCUT2D eigenvalue weighted by molar-refractivity contribution is 7.22. The molecule has 5 rings (SSSR count). The molecule has 8 heteroatoms. The van der Waals surface area contributed by atoms with Crippen molar-refractivity contribution >= 4 is 44.1 Å². The maximum atomic E-state index is 13.5. The van der Waals surface area contributed by atoms with Crippen LogP contribution in [0, 0.1) is 6.92 Å². The van der Waals surface area contributed by atoms with Crippen molar-refractivity contribution in [1.82, 2.24) is 4.98 Å². The fourth-order valence-corrected chi connectivity index (χ4v) is 5.34. The Morgan fingerprint density at radius 1 is 1.00 bits per heavy atom. The topological polar surface area (TPSA) is 89.0 Å². The smallest absolute Gasteiger partial charge is 0.301 e. The number of carbonyl (C=O) groups excluding carboxylic acids is 2. The molecule has 176 valence electrons. The number of ether oxygens (including phenoxy) is 2. The molecule has 1 N–H and O–H groups in total. The van der Waals surface area contributed by atoms with E-state index in [4.69, 9.17) is 9.47 Å². The molecular formula is C27H22N2O5S. The standard InChI is InChI=1S/C27H22N2O5S/c1-15-9-11-19-21(13-15)35-27(28-19)29-23(18-14-17(33-2)10-12-20(18)34-3)22(25(31)26(29)32)24(30)16-7-5-4-6-8-16/h4-14,23,30H,1-3H3/b24-22+/t23-/m0/s1. The van der Waals surface area contributed by atoms with Crippen LogP contribution < -0.4 is 14.4 Å². The van der Waals surface area contributed by atoms with Crippen LogP contribution in [0.2, 0.25) is 0 Å². The summed E-state index contributed by atoms with van der Waals surface area (Å²) in [5.74, 6) is -0.868. The minimum Gasteiger partial charge on any atom is -0.507 e. The number of methoxy groups -OCH3 is 2. The number of benzene rings is 3. The van der Waals surface area contributed by atoms with E-state index in [0.29, 0.717) is 27.8 Å². The predicted octanol–water partition coefficient (Wildman–Crippen LogP) is 5.25. The number of Topliss-reactive ketones (excluding diaryl/α,β-unsaturated/α-hetero) is 1. The van der Waals surface area contributed by atoms with E-state index >= 15 is 0 Å². The number of ketones is 1. The lowest BCUT2D eigenvalue weighted by molar-refractivity contribution is -0.132. The average Bonchev–Trinajstić information content (AvgIpc) is 3.41. The molecule has 1 aliphatic heterocycles. The van der Waals surface area contributed by atoms with E-state index in [0.717, 1.165) is 15.8 Å². The summed E-state index contributed by atoms with van der Waals surface area (Å²) in [6.45, 7) is 1.98. The first-order chi connectivity index (χ1) is 16.9. The summed E-state index contributed by atoms with van der Waals surface area (Å²) in [4.78, 5) is 32.9. The summed E-state index contributed by atoms with van der Waals surface area (Å²) in [7, 11) is 3.04. The molecule has 7 nitrogen and oxygen atoms in total. The Morgan fingerprint density at radius 2 is 1.77 bits per heavy atom. The Bertz CT molecular complexity index is 1490. The molecule has 4 aromatic rings. The minimum atomic E-state index is -0.970. The van der Waals surface area contributed by atoms with Gasteiger partial charge in [0.05, 0.1) is 30.0 Å². The van der Waals surface area contributed by atoms with Crippen molar-refractivity contribution in [1.29, 1.82) is 0 Å². The van der Waals surface area contributed by atoms with Gasteiger partial charge in [0.1, 0.15) is 23.3 Å². The van der Waals surface area contributed by atoms with Gasteiger partial charge in [-0.05, 0) is 42.8 Å². The Balaban J connectivity index is 1.79. The molecule has 1 saturated heterocycles. The number of rotatable bonds is 5. The highest BCUT2D eigenvalue weighted by Gasteiger charge is 2.49. The molecule has 1 amide bonds. The van der Waals surface area contributed by atoms with Gasteiger partial charge in [0.25, 0.3) is 5.78 Å². The Morgan fingerprint density at radius 3 is 2.49 bits per heavy atom. The summed E-state index contributed by atoms with van der Waals surface area (Å²) in [6.07, 6.45) is 0. The van der Waals surface area contributed by atoms with Crippen LogP contribution in [-0.2, 0) is 9.59 Å². The maximum Gasteiger partial charge on any atom is 0.301 e. The van der Waals surface area contributed by atoms with Gasteiger partial charge in [-0.3, -0.25) is 14.5 Å². The SMILES string of the molecule is COc1ccc(OC)c([C@H]2/C(=C(\O)c3ccccc3)C(=O)C(=O)N2c2nc3ccc(C)cc3s2)c1. The van der Waals surface area contributed by atoms with Crippen molar-refractivity contribution in [3.05, 3.63) is 89.0 Å². The number of thiazole rings is 1. The molecule has 3 aromatic carbocycles. The van der Waals surface area contributed by atoms with E-state index in [1.165, 1.54) is 30.5 Å². The molecule has 0 unspecified atom stereocenters. The lowest BCUT2D eigenvalue weighted by atomic mass is 9.94. The van der Waals surface area contributed by atoms with Gasteiger partial charge >= 0.3 is 5.91 Å². The van der Waals surface area contributed by atoms with Crippen LogP contribution in [0.25, 0.3) is 16.0 Å². The molecule has 1 fully saturated rings. The summed E-state index contributed by atoms with van der Waals surface area (Å²) in [5.41, 5.74) is 2.67. The summed E-state index contributed by atoms with van der Waals surface area (Å²) >= 11 is 1.31. The Labute approximate surface area is 205 Å². The molecule has 0 bridgehead atoms. The number of aliphatic hydroxyl groups is 1. The Kier molecular flexibility index (Phi) is 5.74. The monoisotopic (exact) mass is 486 g/mol. The van der Waals surface area contributed by atoms with Crippen molar-refractivity contribution in [2.75, 3.05) is 19.1 Å². The van der Waals surface area contributed by atoms with Crippen molar-refractivity contribution in [3.8, 4) is 11.5 Å². The first kappa shape index (κ1) is 22.6. The van der Waals surface area contributed by atoms with Crippen LogP contribution in [0.15, 0.2) is 72.3 Å². The molecule has 0 saturated carbocycles. The van der Waals surface area contributed by atoms with Gasteiger partial charge in [0, 0.05) is 11.1 Å². The molecule has 35 heavy (non-hydrogen) atoms. The van der Waals surface area contributed by atoms with Gasteiger partial charge in [0.15, 0.2) is 5.13 Å². The second-order valence-corrected chi connectivity index (χ2v) is 9.12. The quantitative estimate of drug-likeness (QED) is 0.236. The Hall–Kier alpha value is -4.17. The second kappa shape index (κ2) is 8.88. The summed E-state index contributed by atoms with van der Waals surface area (Å²) in [6, 6.07) is 18.7. The number of amides is 1. The molecule has 0 radical (unpaired) electrons. The van der Waals surface area contributed by atoms with Gasteiger partial charge < -0.3 is 14.6 Å². The number of aryl methyl sites for hydroxylation is 1. The summed E-state index contributed by atoms with van der Waals surface area (Å²) in [5, 5.41) is 11.6. The van der Waals surface area contributed by atoms with Gasteiger partial charge in [-0.25, -0.2) is 4.98 Å². The zero-order valence-electron chi connectivity index (χ0n) is 19.3. The number of carbonyl (C=O) groups is 2. The second-order valence-electron chi connectivity index (χ2n) is 8.11. The van der Waals surface area contributed by atoms with Crippen LogP contribution in [0.1, 0.15) is 22.7 Å². The first-order valence-corrected chi connectivity index (χ1v) is 11.7. The summed E-state index contributed by atoms with van der Waals surface area (Å²) < 4.78 is 11.9. The predicted molar refractivity (Wildman–Crippen MR) is 135 cm³/mol. The van der Waals surface area contributed by atoms with Crippen molar-refractivity contribution in [2.45, 2.75) is 13.0 Å². The van der Waals surface area contributed by atoms with Gasteiger partial charge in [-0.1, -0.05) is 47.7 Å². The van der Waals surface area contributed by atoms with Crippen molar-refractivity contribution in [2.24, 2.45) is 0 Å². The van der Waals surface area contributed by atoms with Crippen molar-refractivity contribution in [3.63, 3.8) is 0 Å². The number of aromatic nitrogens is 1. The third-order valence-corrected chi connectivity index (χ3v) is 6.98. The zero-order chi connectivity index (χ0) is 24.7. The number of hydrogen-bond donors (Lipinski definition) is 1. The molecule has 1 atom stereocenters. The molecule has 1 aromatic heterocycles. The lowest BCUT2D eigenvalue weighted by Crippen LogP contribution is -2.29. The van der Waals surface area contributed by atoms with Crippen LogP contribution >= 0.6 is 11.3 Å². The van der Waals surface area contributed by atoms with Crippen molar-refractivity contribution < 1.29 is 24.2 Å². The normalized spacial score (nSPS) is 17.2. The van der Waals surface area contributed by atoms with E-state index < -0.39 is 17.7 Å². The van der Waals surface area contributed by atoms with E-state index in [2.05, 4.69) is 4.98 Å². The highest BCUT2D eigenvalue weighted by atomic mass is 32.1. The number of fused-ring (bicyclic) bond motifs is 1.